The molecule has 33 heavy (non-hydrogen) atoms. The number of carbonyl (C=O) groups is 3. The van der Waals surface area contributed by atoms with Crippen LogP contribution >= 0.6 is 0 Å². The van der Waals surface area contributed by atoms with Crippen LogP contribution in [0, 0.1) is 0 Å². The standard InChI is InChI=1S/C23H29N5O5/c1-23(2,3)33-22(31)28-16-8-6-5-7-9-19(29)26-17-12-14(25-21(30)32-4)10-11-15(17)18-13-24-20(16)27-18/h5-6,10-13,16H,7-9H2,1-4H3,(H,24,27)(H,25,30)(H,26,29)(H,28,31)/b6-5+/t16-/m0/s1. The van der Waals surface area contributed by atoms with Crippen LogP contribution in [0.5, 0.6) is 0 Å². The lowest BCUT2D eigenvalue weighted by atomic mass is 10.1. The van der Waals surface area contributed by atoms with Gasteiger partial charge in [-0.2, -0.15) is 0 Å². The van der Waals surface area contributed by atoms with Crippen molar-refractivity contribution < 1.29 is 23.9 Å². The maximum Gasteiger partial charge on any atom is 0.411 e. The zero-order chi connectivity index (χ0) is 24.0. The number of alkyl carbamates (subject to hydrolysis) is 1. The number of anilines is 2. The van der Waals surface area contributed by atoms with Gasteiger partial charge in [0.2, 0.25) is 5.91 Å². The number of ether oxygens (including phenoxy) is 2. The van der Waals surface area contributed by atoms with Crippen molar-refractivity contribution in [3.8, 4) is 11.3 Å². The quantitative estimate of drug-likeness (QED) is 0.493. The van der Waals surface area contributed by atoms with Crippen LogP contribution in [0.2, 0.25) is 0 Å². The fraction of sp³-hybridized carbons (Fsp3) is 0.391. The van der Waals surface area contributed by atoms with E-state index in [-0.39, 0.29) is 12.3 Å². The summed E-state index contributed by atoms with van der Waals surface area (Å²) in [4.78, 5) is 44.1. The summed E-state index contributed by atoms with van der Waals surface area (Å²) in [5.74, 6) is 0.382. The first-order valence-corrected chi connectivity index (χ1v) is 10.6. The fourth-order valence-corrected chi connectivity index (χ4v) is 3.25. The summed E-state index contributed by atoms with van der Waals surface area (Å²) in [6.45, 7) is 5.39. The van der Waals surface area contributed by atoms with Crippen LogP contribution in [-0.4, -0.2) is 40.8 Å². The first kappa shape index (κ1) is 23.8. The van der Waals surface area contributed by atoms with Gasteiger partial charge in [-0.15, -0.1) is 0 Å². The molecule has 2 bridgehead atoms. The molecule has 0 saturated heterocycles. The highest BCUT2D eigenvalue weighted by Crippen LogP contribution is 2.31. The molecule has 0 spiro atoms. The van der Waals surface area contributed by atoms with Crippen LogP contribution in [0.25, 0.3) is 11.3 Å². The van der Waals surface area contributed by atoms with E-state index in [2.05, 4.69) is 30.7 Å². The molecule has 1 aliphatic heterocycles. The number of rotatable bonds is 2. The van der Waals surface area contributed by atoms with Gasteiger partial charge in [0.15, 0.2) is 0 Å². The van der Waals surface area contributed by atoms with Gasteiger partial charge in [0.1, 0.15) is 11.4 Å². The average Bonchev–Trinajstić information content (AvgIpc) is 3.21. The maximum atomic E-state index is 12.5. The molecule has 3 amide bonds. The first-order valence-electron chi connectivity index (χ1n) is 10.6. The molecular weight excluding hydrogens is 426 g/mol. The maximum absolute atomic E-state index is 12.5. The molecule has 0 aliphatic carbocycles. The minimum Gasteiger partial charge on any atom is -0.453 e. The highest BCUT2D eigenvalue weighted by Gasteiger charge is 2.23. The Balaban J connectivity index is 1.95. The largest absolute Gasteiger partial charge is 0.453 e. The predicted octanol–water partition coefficient (Wildman–Crippen LogP) is 4.50. The number of imidazole rings is 1. The van der Waals surface area contributed by atoms with Crippen molar-refractivity contribution in [2.45, 2.75) is 51.7 Å². The van der Waals surface area contributed by atoms with Gasteiger partial charge in [0, 0.05) is 17.7 Å². The lowest BCUT2D eigenvalue weighted by Crippen LogP contribution is -2.35. The van der Waals surface area contributed by atoms with E-state index in [1.54, 1.807) is 45.2 Å². The number of hydrogen-bond acceptors (Lipinski definition) is 6. The van der Waals surface area contributed by atoms with Crippen molar-refractivity contribution in [3.63, 3.8) is 0 Å². The monoisotopic (exact) mass is 455 g/mol. The summed E-state index contributed by atoms with van der Waals surface area (Å²) >= 11 is 0. The molecule has 1 aliphatic rings. The number of benzene rings is 1. The van der Waals surface area contributed by atoms with Crippen molar-refractivity contribution in [1.29, 1.82) is 0 Å². The summed E-state index contributed by atoms with van der Waals surface area (Å²) in [6.07, 6.45) is 5.55. The molecule has 176 valence electrons. The van der Waals surface area contributed by atoms with Crippen molar-refractivity contribution in [2.75, 3.05) is 17.7 Å². The summed E-state index contributed by atoms with van der Waals surface area (Å²) in [5.41, 5.74) is 1.67. The highest BCUT2D eigenvalue weighted by molar-refractivity contribution is 5.97. The second-order valence-corrected chi connectivity index (χ2v) is 8.55. The third-order valence-electron chi connectivity index (χ3n) is 4.71. The van der Waals surface area contributed by atoms with Gasteiger partial charge in [-0.25, -0.2) is 14.6 Å². The number of amides is 3. The predicted molar refractivity (Wildman–Crippen MR) is 124 cm³/mol. The second kappa shape index (κ2) is 10.2. The molecule has 0 saturated carbocycles. The van der Waals surface area contributed by atoms with Gasteiger partial charge in [0.25, 0.3) is 0 Å². The fourth-order valence-electron chi connectivity index (χ4n) is 3.25. The minimum absolute atomic E-state index is 0.168. The van der Waals surface area contributed by atoms with E-state index in [0.717, 1.165) is 0 Å². The van der Waals surface area contributed by atoms with Crippen LogP contribution in [0.1, 0.15) is 51.9 Å². The highest BCUT2D eigenvalue weighted by atomic mass is 16.6. The van der Waals surface area contributed by atoms with E-state index in [1.165, 1.54) is 7.11 Å². The molecule has 0 radical (unpaired) electrons. The number of methoxy groups -OCH3 is 1. The number of nitrogens with zero attached hydrogens (tertiary/aromatic N) is 1. The van der Waals surface area contributed by atoms with Gasteiger partial charge >= 0.3 is 12.2 Å². The van der Waals surface area contributed by atoms with Crippen molar-refractivity contribution in [1.82, 2.24) is 15.3 Å². The summed E-state index contributed by atoms with van der Waals surface area (Å²) in [7, 11) is 1.27. The van der Waals surface area contributed by atoms with Gasteiger partial charge in [-0.1, -0.05) is 12.2 Å². The van der Waals surface area contributed by atoms with E-state index in [4.69, 9.17) is 4.74 Å². The Hall–Kier alpha value is -3.82. The Kier molecular flexibility index (Phi) is 7.37. The normalized spacial score (nSPS) is 17.2. The van der Waals surface area contributed by atoms with E-state index >= 15 is 0 Å². The molecule has 10 nitrogen and oxygen atoms in total. The number of fused-ring (bicyclic) bond motifs is 4. The number of nitrogens with one attached hydrogen (secondary N) is 4. The number of hydrogen-bond donors (Lipinski definition) is 4. The Morgan fingerprint density at radius 1 is 1.18 bits per heavy atom. The molecule has 10 heteroatoms. The number of carbonyl (C=O) groups excluding carboxylic acids is 3. The lowest BCUT2D eigenvalue weighted by molar-refractivity contribution is -0.116. The summed E-state index contributed by atoms with van der Waals surface area (Å²) < 4.78 is 10.0. The molecule has 2 aromatic rings. The topological polar surface area (TPSA) is 134 Å². The SMILES string of the molecule is COC(=O)Nc1ccc2c(c1)NC(=O)CC/C=C/C[C@H](NC(=O)OC(C)(C)C)c1ncc-2[nH]1. The Morgan fingerprint density at radius 2 is 1.97 bits per heavy atom. The van der Waals surface area contributed by atoms with Crippen LogP contribution < -0.4 is 16.0 Å². The van der Waals surface area contributed by atoms with Gasteiger partial charge in [-0.3, -0.25) is 10.1 Å². The number of allylic oxidation sites excluding steroid dienone is 1. The molecule has 1 aromatic carbocycles. The minimum atomic E-state index is -0.627. The number of aromatic amines is 1. The molecule has 1 atom stereocenters. The number of aromatic nitrogens is 2. The lowest BCUT2D eigenvalue weighted by Gasteiger charge is -2.22. The smallest absolute Gasteiger partial charge is 0.411 e. The average molecular weight is 456 g/mol. The molecule has 4 N–H and O–H groups in total. The molecule has 3 rings (SSSR count). The van der Waals surface area contributed by atoms with Crippen molar-refractivity contribution >= 4 is 29.5 Å². The Labute approximate surface area is 192 Å². The number of H-pyrrole nitrogens is 1. The third kappa shape index (κ3) is 6.83. The van der Waals surface area contributed by atoms with Crippen molar-refractivity contribution in [2.24, 2.45) is 0 Å². The van der Waals surface area contributed by atoms with E-state index < -0.39 is 23.8 Å². The zero-order valence-electron chi connectivity index (χ0n) is 19.2. The van der Waals surface area contributed by atoms with Gasteiger partial charge in [-0.05, 0) is 51.8 Å². The second-order valence-electron chi connectivity index (χ2n) is 8.55. The van der Waals surface area contributed by atoms with Crippen LogP contribution in [0.3, 0.4) is 0 Å². The molecular formula is C23H29N5O5. The van der Waals surface area contributed by atoms with E-state index in [1.807, 2.05) is 12.2 Å². The van der Waals surface area contributed by atoms with Gasteiger partial charge < -0.3 is 25.1 Å². The van der Waals surface area contributed by atoms with Gasteiger partial charge in [0.05, 0.1) is 30.7 Å². The summed E-state index contributed by atoms with van der Waals surface area (Å²) in [5, 5.41) is 8.34. The van der Waals surface area contributed by atoms with Crippen LogP contribution in [-0.2, 0) is 14.3 Å². The van der Waals surface area contributed by atoms with Crippen LogP contribution in [0.15, 0.2) is 36.5 Å². The third-order valence-corrected chi connectivity index (χ3v) is 4.71. The summed E-state index contributed by atoms with van der Waals surface area (Å²) in [6, 6.07) is 4.65. The first-order chi connectivity index (χ1) is 15.6. The molecule has 0 unspecified atom stereocenters. The molecule has 2 heterocycles. The van der Waals surface area contributed by atoms with Crippen molar-refractivity contribution in [3.05, 3.63) is 42.4 Å². The van der Waals surface area contributed by atoms with E-state index in [0.29, 0.717) is 41.3 Å². The molecule has 0 fully saturated rings. The Morgan fingerprint density at radius 3 is 2.70 bits per heavy atom. The Bertz CT molecular complexity index is 1050. The van der Waals surface area contributed by atoms with Crippen LogP contribution in [0.4, 0.5) is 21.0 Å². The zero-order valence-corrected chi connectivity index (χ0v) is 19.2. The van der Waals surface area contributed by atoms with E-state index in [9.17, 15) is 14.4 Å². The molecule has 1 aromatic heterocycles.